The molecule has 3 aromatic carbocycles. The molecule has 250 valence electrons. The molecule has 11 nitrogen and oxygen atoms in total. The number of fused-ring (bicyclic) bond motifs is 1. The number of amides is 2. The summed E-state index contributed by atoms with van der Waals surface area (Å²) in [6, 6.07) is 26.7. The fraction of sp³-hybridized carbons (Fsp3) is 0.237. The molecular weight excluding hydrogens is 620 g/mol. The lowest BCUT2D eigenvalue weighted by atomic mass is 10.1. The third-order valence-electron chi connectivity index (χ3n) is 8.65. The van der Waals surface area contributed by atoms with Crippen molar-refractivity contribution >= 4 is 23.2 Å². The summed E-state index contributed by atoms with van der Waals surface area (Å²) in [4.78, 5) is 34.3. The fourth-order valence-electron chi connectivity index (χ4n) is 5.92. The summed E-state index contributed by atoms with van der Waals surface area (Å²) in [6.07, 6.45) is 5.90. The first-order chi connectivity index (χ1) is 24.0. The molecule has 1 saturated heterocycles. The molecule has 2 amide bonds. The zero-order chi connectivity index (χ0) is 33.6. The molecule has 4 heterocycles. The average Bonchev–Trinajstić information content (AvgIpc) is 3.84. The van der Waals surface area contributed by atoms with Gasteiger partial charge in [-0.25, -0.2) is 4.98 Å². The second-order valence-electron chi connectivity index (χ2n) is 12.1. The predicted octanol–water partition coefficient (Wildman–Crippen LogP) is 6.10. The van der Waals surface area contributed by atoms with Gasteiger partial charge in [0.1, 0.15) is 5.75 Å². The summed E-state index contributed by atoms with van der Waals surface area (Å²) in [6.45, 7) is 6.73. The van der Waals surface area contributed by atoms with Gasteiger partial charge in [-0.3, -0.25) is 14.5 Å². The van der Waals surface area contributed by atoms with Crippen LogP contribution in [-0.4, -0.2) is 70.7 Å². The lowest BCUT2D eigenvalue weighted by Crippen LogP contribution is -2.48. The Balaban J connectivity index is 0.833. The molecule has 2 N–H and O–H groups in total. The topological polar surface area (TPSA) is 110 Å². The molecule has 0 atom stereocenters. The number of hydrogen-bond acceptors (Lipinski definition) is 8. The maximum atomic E-state index is 12.9. The molecule has 49 heavy (non-hydrogen) atoms. The van der Waals surface area contributed by atoms with Crippen molar-refractivity contribution in [3.05, 3.63) is 120 Å². The maximum Gasteiger partial charge on any atom is 0.255 e. The average molecular weight is 659 g/mol. The van der Waals surface area contributed by atoms with Crippen LogP contribution in [-0.2, 0) is 11.3 Å². The van der Waals surface area contributed by atoms with Crippen molar-refractivity contribution in [3.8, 4) is 28.8 Å². The van der Waals surface area contributed by atoms with Gasteiger partial charge in [-0.1, -0.05) is 6.07 Å². The Morgan fingerprint density at radius 1 is 0.857 bits per heavy atom. The van der Waals surface area contributed by atoms with Gasteiger partial charge in [-0.2, -0.15) is 0 Å². The number of nitrogens with one attached hydrogen (secondary N) is 2. The molecule has 7 rings (SSSR count). The number of anilines is 2. The van der Waals surface area contributed by atoms with Crippen molar-refractivity contribution in [1.82, 2.24) is 19.4 Å². The summed E-state index contributed by atoms with van der Waals surface area (Å²) < 4.78 is 18.9. The number of carbonyl (C=O) groups excluding carboxylic acids is 2. The van der Waals surface area contributed by atoms with Crippen LogP contribution in [0, 0.1) is 6.92 Å². The lowest BCUT2D eigenvalue weighted by Gasteiger charge is -2.35. The molecular formula is C38H38N6O5. The molecule has 0 unspecified atom stereocenters. The van der Waals surface area contributed by atoms with Gasteiger partial charge < -0.3 is 34.3 Å². The van der Waals surface area contributed by atoms with E-state index in [9.17, 15) is 9.59 Å². The smallest absolute Gasteiger partial charge is 0.255 e. The molecule has 0 saturated carbocycles. The largest absolute Gasteiger partial charge is 0.454 e. The van der Waals surface area contributed by atoms with Crippen molar-refractivity contribution in [2.45, 2.75) is 19.9 Å². The number of aryl methyl sites for hydroxylation is 1. The highest BCUT2D eigenvalue weighted by atomic mass is 16.7. The quantitative estimate of drug-likeness (QED) is 0.175. The number of pyridine rings is 1. The van der Waals surface area contributed by atoms with Crippen molar-refractivity contribution in [1.29, 1.82) is 0 Å². The Hall–Kier alpha value is -5.81. The Labute approximate surface area is 285 Å². The van der Waals surface area contributed by atoms with Crippen molar-refractivity contribution < 1.29 is 23.8 Å². The molecule has 0 spiro atoms. The van der Waals surface area contributed by atoms with E-state index in [1.165, 1.54) is 5.56 Å². The van der Waals surface area contributed by atoms with Crippen LogP contribution in [0.25, 0.3) is 5.69 Å². The van der Waals surface area contributed by atoms with Crippen molar-refractivity contribution in [3.63, 3.8) is 0 Å². The zero-order valence-corrected chi connectivity index (χ0v) is 27.3. The van der Waals surface area contributed by atoms with Crippen LogP contribution < -0.4 is 24.8 Å². The van der Waals surface area contributed by atoms with Gasteiger partial charge in [-0.05, 0) is 90.8 Å². The number of rotatable bonds is 11. The van der Waals surface area contributed by atoms with E-state index in [0.717, 1.165) is 61.2 Å². The molecule has 2 aliphatic rings. The number of ether oxygens (including phenoxy) is 3. The molecule has 2 aromatic heterocycles. The molecule has 2 aliphatic heterocycles. The highest BCUT2D eigenvalue weighted by molar-refractivity contribution is 6.04. The third-order valence-corrected chi connectivity index (χ3v) is 8.65. The third kappa shape index (κ3) is 7.85. The van der Waals surface area contributed by atoms with E-state index in [4.69, 9.17) is 14.2 Å². The predicted molar refractivity (Wildman–Crippen MR) is 187 cm³/mol. The minimum Gasteiger partial charge on any atom is -0.454 e. The number of piperazine rings is 1. The second kappa shape index (κ2) is 14.5. The Bertz CT molecular complexity index is 1900. The molecule has 5 aromatic rings. The Morgan fingerprint density at radius 3 is 2.39 bits per heavy atom. The number of aromatic nitrogens is 2. The Kier molecular flexibility index (Phi) is 9.42. The standard InChI is InChI=1S/C38H38N6O5/c1-27-22-30(39-15-14-37(45)44-20-18-42(19-21-44)25-28-4-11-34-35(23-28)48-26-47-34)7-12-33(27)49-36-13-8-31(24-40-36)41-38(46)29-5-9-32(10-6-29)43-16-2-3-17-43/h2-13,16-17,22-24,39H,14-15,18-21,25-26H2,1H3,(H,41,46). The lowest BCUT2D eigenvalue weighted by molar-refractivity contribution is -0.132. The van der Waals surface area contributed by atoms with Gasteiger partial charge in [0.25, 0.3) is 5.91 Å². The van der Waals surface area contributed by atoms with E-state index in [-0.39, 0.29) is 18.6 Å². The van der Waals surface area contributed by atoms with E-state index >= 15 is 0 Å². The summed E-state index contributed by atoms with van der Waals surface area (Å²) in [5.74, 6) is 2.62. The van der Waals surface area contributed by atoms with Gasteiger partial charge in [0, 0.05) is 81.1 Å². The minimum absolute atomic E-state index is 0.156. The summed E-state index contributed by atoms with van der Waals surface area (Å²) in [5.41, 5.74) is 5.13. The van der Waals surface area contributed by atoms with E-state index in [2.05, 4.69) is 26.6 Å². The van der Waals surface area contributed by atoms with E-state index in [1.807, 2.05) is 83.4 Å². The van der Waals surface area contributed by atoms with E-state index in [1.54, 1.807) is 30.5 Å². The zero-order valence-electron chi connectivity index (χ0n) is 27.3. The fourth-order valence-corrected chi connectivity index (χ4v) is 5.92. The molecule has 11 heteroatoms. The van der Waals surface area contributed by atoms with Crippen LogP contribution in [0.15, 0.2) is 104 Å². The van der Waals surface area contributed by atoms with Crippen LogP contribution in [0.3, 0.4) is 0 Å². The number of hydrogen-bond donors (Lipinski definition) is 2. The van der Waals surface area contributed by atoms with E-state index in [0.29, 0.717) is 35.8 Å². The Morgan fingerprint density at radius 2 is 1.63 bits per heavy atom. The number of benzene rings is 3. The van der Waals surface area contributed by atoms with Crippen LogP contribution in [0.5, 0.6) is 23.1 Å². The van der Waals surface area contributed by atoms with Gasteiger partial charge in [0.15, 0.2) is 11.5 Å². The van der Waals surface area contributed by atoms with Crippen LogP contribution in [0.1, 0.15) is 27.9 Å². The number of carbonyl (C=O) groups is 2. The van der Waals surface area contributed by atoms with Crippen molar-refractivity contribution in [2.75, 3.05) is 50.2 Å². The van der Waals surface area contributed by atoms with Gasteiger partial charge >= 0.3 is 0 Å². The first-order valence-electron chi connectivity index (χ1n) is 16.4. The van der Waals surface area contributed by atoms with Crippen LogP contribution in [0.2, 0.25) is 0 Å². The maximum absolute atomic E-state index is 12.9. The van der Waals surface area contributed by atoms with E-state index < -0.39 is 0 Å². The second-order valence-corrected chi connectivity index (χ2v) is 12.1. The highest BCUT2D eigenvalue weighted by Crippen LogP contribution is 2.33. The summed E-state index contributed by atoms with van der Waals surface area (Å²) in [5, 5.41) is 6.24. The first kappa shape index (κ1) is 31.8. The van der Waals surface area contributed by atoms with Gasteiger partial charge in [0.05, 0.1) is 11.9 Å². The number of nitrogens with zero attached hydrogens (tertiary/aromatic N) is 4. The molecule has 0 radical (unpaired) electrons. The van der Waals surface area contributed by atoms with Crippen LogP contribution in [0.4, 0.5) is 11.4 Å². The monoisotopic (exact) mass is 658 g/mol. The highest BCUT2D eigenvalue weighted by Gasteiger charge is 2.22. The normalized spacial score (nSPS) is 14.0. The molecule has 1 fully saturated rings. The SMILES string of the molecule is Cc1cc(NCCC(=O)N2CCN(Cc3ccc4c(c3)OCO4)CC2)ccc1Oc1ccc(NC(=O)c2ccc(-n3cccc3)cc2)cn1. The summed E-state index contributed by atoms with van der Waals surface area (Å²) >= 11 is 0. The van der Waals surface area contributed by atoms with Gasteiger partial charge in [0.2, 0.25) is 18.6 Å². The minimum atomic E-state index is -0.216. The molecule has 0 bridgehead atoms. The first-order valence-corrected chi connectivity index (χ1v) is 16.4. The van der Waals surface area contributed by atoms with Crippen LogP contribution >= 0.6 is 0 Å². The summed E-state index contributed by atoms with van der Waals surface area (Å²) in [7, 11) is 0. The van der Waals surface area contributed by atoms with Crippen molar-refractivity contribution in [2.24, 2.45) is 0 Å². The molecule has 0 aliphatic carbocycles. The van der Waals surface area contributed by atoms with Gasteiger partial charge in [-0.15, -0.1) is 0 Å².